The van der Waals surface area contributed by atoms with Crippen LogP contribution in [0.2, 0.25) is 0 Å². The second-order valence-corrected chi connectivity index (χ2v) is 7.33. The average molecular weight is 407 g/mol. The van der Waals surface area contributed by atoms with Crippen molar-refractivity contribution in [2.45, 2.75) is 0 Å². The van der Waals surface area contributed by atoms with E-state index >= 15 is 0 Å². The number of aromatic hydroxyl groups is 1. The van der Waals surface area contributed by atoms with Crippen LogP contribution >= 0.6 is 0 Å². The second-order valence-electron chi connectivity index (χ2n) is 7.33. The molecule has 154 valence electrons. The number of likely N-dealkylation sites (N-methyl/N-ethyl adjacent to an activating group) is 1. The van der Waals surface area contributed by atoms with E-state index in [0.29, 0.717) is 35.6 Å². The minimum absolute atomic E-state index is 0.0467. The van der Waals surface area contributed by atoms with Crippen molar-refractivity contribution in [3.63, 3.8) is 0 Å². The summed E-state index contributed by atoms with van der Waals surface area (Å²) in [7, 11) is 2.00. The molecule has 1 aliphatic heterocycles. The number of hydrogen-bond acceptors (Lipinski definition) is 6. The summed E-state index contributed by atoms with van der Waals surface area (Å²) in [6.45, 7) is 2.70. The molecule has 3 aromatic rings. The van der Waals surface area contributed by atoms with Gasteiger partial charge in [-0.2, -0.15) is 0 Å². The third-order valence-corrected chi connectivity index (χ3v) is 5.23. The monoisotopic (exact) mass is 407 g/mol. The zero-order valence-corrected chi connectivity index (χ0v) is 16.5. The molecule has 8 heteroatoms. The van der Waals surface area contributed by atoms with Gasteiger partial charge in [0.2, 0.25) is 0 Å². The van der Waals surface area contributed by atoms with Gasteiger partial charge < -0.3 is 20.6 Å². The number of carbonyl (C=O) groups excluding carboxylic acids is 1. The van der Waals surface area contributed by atoms with Crippen molar-refractivity contribution in [3.8, 4) is 28.3 Å². The van der Waals surface area contributed by atoms with Gasteiger partial charge in [-0.3, -0.25) is 4.79 Å². The number of amides is 1. The van der Waals surface area contributed by atoms with Crippen LogP contribution < -0.4 is 5.73 Å². The molecule has 4 rings (SSSR count). The van der Waals surface area contributed by atoms with Gasteiger partial charge in [-0.15, -0.1) is 0 Å². The standard InChI is InChI=1S/C22H22FN5O2/c1-27-8-10-28(11-9-27)22(30)17-7-4-15(12-18(17)23)19-13-25-21(24)20(26-19)14-2-5-16(29)6-3-14/h2-7,12-13,29H,8-11H2,1H3,(H2,24,25). The number of nitrogens with two attached hydrogens (primary N) is 1. The first-order valence-corrected chi connectivity index (χ1v) is 9.62. The number of nitrogen functional groups attached to an aromatic ring is 1. The van der Waals surface area contributed by atoms with Gasteiger partial charge >= 0.3 is 0 Å². The Bertz CT molecular complexity index is 1080. The van der Waals surface area contributed by atoms with E-state index < -0.39 is 5.82 Å². The van der Waals surface area contributed by atoms with Gasteiger partial charge in [0.05, 0.1) is 17.5 Å². The van der Waals surface area contributed by atoms with Gasteiger partial charge in [-0.1, -0.05) is 6.07 Å². The maximum absolute atomic E-state index is 14.8. The molecule has 0 spiro atoms. The van der Waals surface area contributed by atoms with E-state index in [1.807, 2.05) is 7.05 Å². The summed E-state index contributed by atoms with van der Waals surface area (Å²) in [4.78, 5) is 25.2. The maximum atomic E-state index is 14.8. The van der Waals surface area contributed by atoms with Crippen molar-refractivity contribution in [1.82, 2.24) is 19.8 Å². The zero-order chi connectivity index (χ0) is 21.3. The Morgan fingerprint density at radius 3 is 2.40 bits per heavy atom. The van der Waals surface area contributed by atoms with Gasteiger partial charge in [0.1, 0.15) is 23.1 Å². The van der Waals surface area contributed by atoms with E-state index in [0.717, 1.165) is 13.1 Å². The van der Waals surface area contributed by atoms with Crippen molar-refractivity contribution in [2.24, 2.45) is 0 Å². The number of phenolic OH excluding ortho intramolecular Hbond substituents is 1. The quantitative estimate of drug-likeness (QED) is 0.693. The van der Waals surface area contributed by atoms with E-state index in [2.05, 4.69) is 14.9 Å². The number of anilines is 1. The topological polar surface area (TPSA) is 95.6 Å². The van der Waals surface area contributed by atoms with Crippen LogP contribution in [0.15, 0.2) is 48.7 Å². The summed E-state index contributed by atoms with van der Waals surface area (Å²) >= 11 is 0. The number of carbonyl (C=O) groups is 1. The van der Waals surface area contributed by atoms with Gasteiger partial charge in [-0.05, 0) is 43.4 Å². The zero-order valence-electron chi connectivity index (χ0n) is 16.5. The van der Waals surface area contributed by atoms with Crippen molar-refractivity contribution in [3.05, 3.63) is 60.0 Å². The normalized spacial score (nSPS) is 14.7. The fourth-order valence-electron chi connectivity index (χ4n) is 3.40. The first-order valence-electron chi connectivity index (χ1n) is 9.62. The Labute approximate surface area is 173 Å². The molecule has 0 unspecified atom stereocenters. The molecule has 0 saturated carbocycles. The van der Waals surface area contributed by atoms with Crippen LogP contribution in [-0.2, 0) is 0 Å². The molecule has 3 N–H and O–H groups in total. The largest absolute Gasteiger partial charge is 0.508 e. The van der Waals surface area contributed by atoms with Gasteiger partial charge in [-0.25, -0.2) is 14.4 Å². The molecular formula is C22H22FN5O2. The van der Waals surface area contributed by atoms with Crippen LogP contribution in [0.3, 0.4) is 0 Å². The predicted molar refractivity (Wildman–Crippen MR) is 112 cm³/mol. The molecule has 2 heterocycles. The summed E-state index contributed by atoms with van der Waals surface area (Å²) < 4.78 is 14.8. The predicted octanol–water partition coefficient (Wildman–Crippen LogP) is 2.63. The molecule has 2 aromatic carbocycles. The number of benzene rings is 2. The lowest BCUT2D eigenvalue weighted by molar-refractivity contribution is 0.0659. The molecule has 1 saturated heterocycles. The number of halogens is 1. The molecule has 1 aliphatic rings. The van der Waals surface area contributed by atoms with E-state index in [9.17, 15) is 14.3 Å². The highest BCUT2D eigenvalue weighted by Gasteiger charge is 2.23. The number of aromatic nitrogens is 2. The lowest BCUT2D eigenvalue weighted by atomic mass is 10.1. The smallest absolute Gasteiger partial charge is 0.256 e. The number of phenols is 1. The third kappa shape index (κ3) is 3.95. The SMILES string of the molecule is CN1CCN(C(=O)c2ccc(-c3cnc(N)c(-c4ccc(O)cc4)n3)cc2F)CC1. The Morgan fingerprint density at radius 2 is 1.73 bits per heavy atom. The molecule has 1 aromatic heterocycles. The minimum atomic E-state index is -0.596. The summed E-state index contributed by atoms with van der Waals surface area (Å²) in [5.74, 6) is -0.544. The van der Waals surface area contributed by atoms with Crippen LogP contribution in [-0.4, -0.2) is 64.0 Å². The van der Waals surface area contributed by atoms with Crippen molar-refractivity contribution in [1.29, 1.82) is 0 Å². The van der Waals surface area contributed by atoms with Gasteiger partial charge in [0.15, 0.2) is 0 Å². The fraction of sp³-hybridized carbons (Fsp3) is 0.227. The first-order chi connectivity index (χ1) is 14.4. The first kappa shape index (κ1) is 19.8. The molecule has 1 amide bonds. The van der Waals surface area contributed by atoms with Crippen molar-refractivity contribution in [2.75, 3.05) is 39.0 Å². The summed E-state index contributed by atoms with van der Waals surface area (Å²) in [5.41, 5.74) is 8.05. The molecule has 0 bridgehead atoms. The van der Waals surface area contributed by atoms with Crippen LogP contribution in [0.4, 0.5) is 10.2 Å². The van der Waals surface area contributed by atoms with E-state index in [1.165, 1.54) is 30.5 Å². The Hall–Kier alpha value is -3.52. The maximum Gasteiger partial charge on any atom is 0.256 e. The summed E-state index contributed by atoms with van der Waals surface area (Å²) in [6, 6.07) is 10.9. The number of rotatable bonds is 3. The highest BCUT2D eigenvalue weighted by atomic mass is 19.1. The minimum Gasteiger partial charge on any atom is -0.508 e. The van der Waals surface area contributed by atoms with Crippen LogP contribution in [0.5, 0.6) is 5.75 Å². The Morgan fingerprint density at radius 1 is 1.07 bits per heavy atom. The fourth-order valence-corrected chi connectivity index (χ4v) is 3.40. The van der Waals surface area contributed by atoms with E-state index in [1.54, 1.807) is 23.1 Å². The highest BCUT2D eigenvalue weighted by molar-refractivity contribution is 5.95. The highest BCUT2D eigenvalue weighted by Crippen LogP contribution is 2.28. The lowest BCUT2D eigenvalue weighted by Crippen LogP contribution is -2.47. The van der Waals surface area contributed by atoms with Crippen molar-refractivity contribution < 1.29 is 14.3 Å². The van der Waals surface area contributed by atoms with Crippen LogP contribution in [0, 0.1) is 5.82 Å². The Balaban J connectivity index is 1.62. The average Bonchev–Trinajstić information content (AvgIpc) is 2.75. The van der Waals surface area contributed by atoms with Gasteiger partial charge in [0.25, 0.3) is 5.91 Å². The molecule has 7 nitrogen and oxygen atoms in total. The molecular weight excluding hydrogens is 385 g/mol. The van der Waals surface area contributed by atoms with E-state index in [-0.39, 0.29) is 23.0 Å². The Kier molecular flexibility index (Phi) is 5.33. The molecule has 0 radical (unpaired) electrons. The molecule has 30 heavy (non-hydrogen) atoms. The summed E-state index contributed by atoms with van der Waals surface area (Å²) in [5, 5.41) is 9.47. The van der Waals surface area contributed by atoms with Crippen LogP contribution in [0.1, 0.15) is 10.4 Å². The summed E-state index contributed by atoms with van der Waals surface area (Å²) in [6.07, 6.45) is 1.47. The molecule has 1 fully saturated rings. The van der Waals surface area contributed by atoms with Crippen molar-refractivity contribution >= 4 is 11.7 Å². The second kappa shape index (κ2) is 8.08. The number of hydrogen-bond donors (Lipinski definition) is 2. The van der Waals surface area contributed by atoms with Gasteiger partial charge in [0, 0.05) is 37.3 Å². The lowest BCUT2D eigenvalue weighted by Gasteiger charge is -2.32. The van der Waals surface area contributed by atoms with Crippen LogP contribution in [0.25, 0.3) is 22.5 Å². The van der Waals surface area contributed by atoms with E-state index in [4.69, 9.17) is 5.73 Å². The molecule has 0 atom stereocenters. The number of piperazine rings is 1. The number of nitrogens with zero attached hydrogens (tertiary/aromatic N) is 4. The molecule has 0 aliphatic carbocycles. The third-order valence-electron chi connectivity index (χ3n) is 5.23.